The van der Waals surface area contributed by atoms with Gasteiger partial charge in [0.25, 0.3) is 5.91 Å². The highest BCUT2D eigenvalue weighted by atomic mass is 16.5. The minimum Gasteiger partial charge on any atom is -0.394 e. The maximum absolute atomic E-state index is 12.5. The van der Waals surface area contributed by atoms with E-state index in [9.17, 15) is 9.90 Å². The van der Waals surface area contributed by atoms with E-state index in [0.717, 1.165) is 30.7 Å². The molecule has 138 valence electrons. The molecule has 6 nitrogen and oxygen atoms in total. The summed E-state index contributed by atoms with van der Waals surface area (Å²) in [6, 6.07) is 11.8. The number of amides is 1. The van der Waals surface area contributed by atoms with Crippen LogP contribution in [0, 0.1) is 5.92 Å². The largest absolute Gasteiger partial charge is 0.394 e. The molecule has 1 aliphatic heterocycles. The topological polar surface area (TPSA) is 78.6 Å². The lowest BCUT2D eigenvalue weighted by molar-refractivity contribution is 0.0919. The Balaban J connectivity index is 1.40. The average Bonchev–Trinajstić information content (AvgIpc) is 3.27. The van der Waals surface area contributed by atoms with Gasteiger partial charge in [-0.25, -0.2) is 0 Å². The number of aromatic nitrogens is 1. The first kappa shape index (κ1) is 17.2. The van der Waals surface area contributed by atoms with E-state index < -0.39 is 0 Å². The minimum atomic E-state index is -0.181. The van der Waals surface area contributed by atoms with Crippen LogP contribution in [0.2, 0.25) is 0 Å². The van der Waals surface area contributed by atoms with E-state index in [1.165, 1.54) is 0 Å². The van der Waals surface area contributed by atoms with Gasteiger partial charge in [0.1, 0.15) is 5.76 Å². The molecular formula is C20H25N3O3. The third kappa shape index (κ3) is 3.52. The molecule has 2 N–H and O–H groups in total. The van der Waals surface area contributed by atoms with Gasteiger partial charge < -0.3 is 14.9 Å². The summed E-state index contributed by atoms with van der Waals surface area (Å²) in [5.74, 6) is 1.38. The van der Waals surface area contributed by atoms with Crippen molar-refractivity contribution in [2.24, 2.45) is 5.92 Å². The van der Waals surface area contributed by atoms with Gasteiger partial charge >= 0.3 is 0 Å². The van der Waals surface area contributed by atoms with Crippen LogP contribution in [0.5, 0.6) is 0 Å². The van der Waals surface area contributed by atoms with Crippen molar-refractivity contribution in [1.29, 1.82) is 0 Å². The molecule has 1 amide bonds. The standard InChI is InChI=1S/C20H25N3O3/c1-13-10-23(18(12-24)14-5-3-2-4-6-14)11-17(13)21-20(25)16-9-19(26-22-16)15-7-8-15/h2-6,9,13,15,17-18,24H,7-8,10-12H2,1H3,(H,21,25)/t13-,17+,18?/m1/s1. The quantitative estimate of drug-likeness (QED) is 0.831. The van der Waals surface area contributed by atoms with Crippen LogP contribution in [0.4, 0.5) is 0 Å². The van der Waals surface area contributed by atoms with Crippen molar-refractivity contribution in [2.45, 2.75) is 37.8 Å². The molecule has 2 aliphatic rings. The highest BCUT2D eigenvalue weighted by molar-refractivity contribution is 5.92. The SMILES string of the molecule is C[C@@H]1CN(C(CO)c2ccccc2)C[C@@H]1NC(=O)c1cc(C2CC2)on1. The zero-order valence-electron chi connectivity index (χ0n) is 15.0. The Morgan fingerprint density at radius 3 is 2.81 bits per heavy atom. The summed E-state index contributed by atoms with van der Waals surface area (Å²) in [4.78, 5) is 14.8. The molecule has 1 aromatic carbocycles. The first-order valence-corrected chi connectivity index (χ1v) is 9.33. The molecule has 2 fully saturated rings. The van der Waals surface area contributed by atoms with Gasteiger partial charge in [-0.3, -0.25) is 9.69 Å². The molecule has 1 saturated carbocycles. The average molecular weight is 355 g/mol. The number of likely N-dealkylation sites (tertiary alicyclic amines) is 1. The van der Waals surface area contributed by atoms with Crippen LogP contribution in [0.3, 0.4) is 0 Å². The molecule has 1 aliphatic carbocycles. The van der Waals surface area contributed by atoms with E-state index in [1.807, 2.05) is 30.3 Å². The number of carbonyl (C=O) groups excluding carboxylic acids is 1. The fourth-order valence-electron chi connectivity index (χ4n) is 3.75. The molecule has 26 heavy (non-hydrogen) atoms. The first-order valence-electron chi connectivity index (χ1n) is 9.33. The van der Waals surface area contributed by atoms with Crippen molar-refractivity contribution in [3.05, 3.63) is 53.4 Å². The van der Waals surface area contributed by atoms with Crippen LogP contribution < -0.4 is 5.32 Å². The second-order valence-corrected chi connectivity index (χ2v) is 7.51. The van der Waals surface area contributed by atoms with Gasteiger partial charge in [-0.1, -0.05) is 42.4 Å². The van der Waals surface area contributed by atoms with Crippen molar-refractivity contribution >= 4 is 5.91 Å². The molecule has 2 aromatic rings. The van der Waals surface area contributed by atoms with E-state index in [-0.39, 0.29) is 24.6 Å². The molecule has 1 unspecified atom stereocenters. The molecule has 1 aromatic heterocycles. The Kier molecular flexibility index (Phi) is 4.78. The molecule has 1 saturated heterocycles. The number of aliphatic hydroxyl groups excluding tert-OH is 1. The smallest absolute Gasteiger partial charge is 0.273 e. The molecule has 2 heterocycles. The first-order chi connectivity index (χ1) is 12.7. The lowest BCUT2D eigenvalue weighted by Crippen LogP contribution is -2.40. The highest BCUT2D eigenvalue weighted by Gasteiger charge is 2.36. The summed E-state index contributed by atoms with van der Waals surface area (Å²) in [6.07, 6.45) is 2.24. The highest BCUT2D eigenvalue weighted by Crippen LogP contribution is 2.40. The number of carbonyl (C=O) groups is 1. The van der Waals surface area contributed by atoms with E-state index in [0.29, 0.717) is 24.1 Å². The fraction of sp³-hybridized carbons (Fsp3) is 0.500. The number of nitrogens with zero attached hydrogens (tertiary/aromatic N) is 2. The molecule has 4 rings (SSSR count). The van der Waals surface area contributed by atoms with E-state index in [4.69, 9.17) is 4.52 Å². The van der Waals surface area contributed by atoms with Crippen molar-refractivity contribution in [2.75, 3.05) is 19.7 Å². The van der Waals surface area contributed by atoms with Gasteiger partial charge in [-0.05, 0) is 24.3 Å². The normalized spacial score (nSPS) is 24.5. The summed E-state index contributed by atoms with van der Waals surface area (Å²) in [6.45, 7) is 3.73. The summed E-state index contributed by atoms with van der Waals surface area (Å²) >= 11 is 0. The van der Waals surface area contributed by atoms with Crippen LogP contribution in [0.15, 0.2) is 40.9 Å². The van der Waals surface area contributed by atoms with Crippen LogP contribution in [-0.2, 0) is 0 Å². The summed E-state index contributed by atoms with van der Waals surface area (Å²) in [7, 11) is 0. The Bertz CT molecular complexity index is 757. The predicted molar refractivity (Wildman–Crippen MR) is 96.7 cm³/mol. The predicted octanol–water partition coefficient (Wildman–Crippen LogP) is 2.34. The second kappa shape index (κ2) is 7.21. The van der Waals surface area contributed by atoms with Crippen molar-refractivity contribution in [3.63, 3.8) is 0 Å². The lowest BCUT2D eigenvalue weighted by atomic mass is 10.1. The molecule has 0 radical (unpaired) electrons. The molecule has 3 atom stereocenters. The van der Waals surface area contributed by atoms with Gasteiger partial charge in [0, 0.05) is 31.1 Å². The van der Waals surface area contributed by atoms with E-state index in [2.05, 4.69) is 22.3 Å². The number of aliphatic hydroxyl groups is 1. The third-order valence-electron chi connectivity index (χ3n) is 5.50. The number of rotatable bonds is 6. The zero-order valence-corrected chi connectivity index (χ0v) is 15.0. The summed E-state index contributed by atoms with van der Waals surface area (Å²) in [5, 5.41) is 16.9. The van der Waals surface area contributed by atoms with Crippen LogP contribution in [0.25, 0.3) is 0 Å². The van der Waals surface area contributed by atoms with Gasteiger partial charge in [-0.2, -0.15) is 0 Å². The molecule has 0 spiro atoms. The van der Waals surface area contributed by atoms with Crippen LogP contribution in [0.1, 0.15) is 53.5 Å². The Labute approximate surface area is 153 Å². The summed E-state index contributed by atoms with van der Waals surface area (Å²) < 4.78 is 5.28. The maximum Gasteiger partial charge on any atom is 0.273 e. The van der Waals surface area contributed by atoms with Gasteiger partial charge in [0.2, 0.25) is 0 Å². The Morgan fingerprint density at radius 1 is 1.35 bits per heavy atom. The summed E-state index contributed by atoms with van der Waals surface area (Å²) in [5.41, 5.74) is 1.46. The van der Waals surface area contributed by atoms with Gasteiger partial charge in [0.15, 0.2) is 5.69 Å². The van der Waals surface area contributed by atoms with Gasteiger partial charge in [0.05, 0.1) is 12.6 Å². The number of hydrogen-bond acceptors (Lipinski definition) is 5. The third-order valence-corrected chi connectivity index (χ3v) is 5.50. The fourth-order valence-corrected chi connectivity index (χ4v) is 3.75. The molecule has 6 heteroatoms. The minimum absolute atomic E-state index is 0.0290. The number of benzene rings is 1. The van der Waals surface area contributed by atoms with E-state index in [1.54, 1.807) is 6.07 Å². The van der Waals surface area contributed by atoms with Crippen molar-refractivity contribution in [1.82, 2.24) is 15.4 Å². The zero-order chi connectivity index (χ0) is 18.1. The van der Waals surface area contributed by atoms with Crippen LogP contribution >= 0.6 is 0 Å². The Hall–Kier alpha value is -2.18. The van der Waals surface area contributed by atoms with E-state index >= 15 is 0 Å². The Morgan fingerprint density at radius 2 is 2.12 bits per heavy atom. The van der Waals surface area contributed by atoms with Gasteiger partial charge in [-0.15, -0.1) is 0 Å². The maximum atomic E-state index is 12.5. The van der Waals surface area contributed by atoms with Crippen molar-refractivity contribution < 1.29 is 14.4 Å². The monoisotopic (exact) mass is 355 g/mol. The number of hydrogen-bond donors (Lipinski definition) is 2. The number of nitrogens with one attached hydrogen (secondary N) is 1. The second-order valence-electron chi connectivity index (χ2n) is 7.51. The molecule has 0 bridgehead atoms. The molecular weight excluding hydrogens is 330 g/mol. The van der Waals surface area contributed by atoms with Crippen molar-refractivity contribution in [3.8, 4) is 0 Å². The van der Waals surface area contributed by atoms with Crippen LogP contribution in [-0.4, -0.2) is 46.8 Å². The lowest BCUT2D eigenvalue weighted by Gasteiger charge is -2.26.